The Morgan fingerprint density at radius 3 is 2.83 bits per heavy atom. The van der Waals surface area contributed by atoms with E-state index in [-0.39, 0.29) is 5.54 Å². The van der Waals surface area contributed by atoms with E-state index in [0.717, 1.165) is 25.7 Å². The molecule has 0 saturated heterocycles. The van der Waals surface area contributed by atoms with Crippen molar-refractivity contribution in [2.45, 2.75) is 37.3 Å². The number of imidazole rings is 1. The summed E-state index contributed by atoms with van der Waals surface area (Å²) in [6.45, 7) is 0. The van der Waals surface area contributed by atoms with E-state index in [2.05, 4.69) is 33.8 Å². The summed E-state index contributed by atoms with van der Waals surface area (Å²) in [6, 6.07) is 9.12. The lowest BCUT2D eigenvalue weighted by Crippen LogP contribution is -2.40. The standard InChI is InChI=1S/C15H17N3/c16-11-5-7-15(8-6-11)13-4-2-1-3-12(13)14-9-17-10-18(14)15/h1-4,9-11H,5-8,16H2. The molecule has 1 aromatic heterocycles. The van der Waals surface area contributed by atoms with Gasteiger partial charge in [0.05, 0.1) is 23.8 Å². The first-order chi connectivity index (χ1) is 8.81. The zero-order valence-electron chi connectivity index (χ0n) is 10.3. The number of hydrogen-bond acceptors (Lipinski definition) is 2. The molecule has 2 N–H and O–H groups in total. The Morgan fingerprint density at radius 2 is 2.00 bits per heavy atom. The molecule has 3 heteroatoms. The first-order valence-corrected chi connectivity index (χ1v) is 6.69. The fraction of sp³-hybridized carbons (Fsp3) is 0.400. The molecule has 1 fully saturated rings. The molecule has 18 heavy (non-hydrogen) atoms. The van der Waals surface area contributed by atoms with Gasteiger partial charge in [-0.2, -0.15) is 0 Å². The lowest BCUT2D eigenvalue weighted by atomic mass is 9.75. The second kappa shape index (κ2) is 3.45. The lowest BCUT2D eigenvalue weighted by molar-refractivity contribution is 0.239. The normalized spacial score (nSPS) is 29.3. The Kier molecular flexibility index (Phi) is 1.98. The predicted octanol–water partition coefficient (Wildman–Crippen LogP) is 2.51. The maximum Gasteiger partial charge on any atom is 0.0958 e. The fourth-order valence-corrected chi connectivity index (χ4v) is 3.71. The van der Waals surface area contributed by atoms with Gasteiger partial charge >= 0.3 is 0 Å². The molecule has 1 aromatic carbocycles. The van der Waals surface area contributed by atoms with Crippen molar-refractivity contribution in [3.8, 4) is 11.3 Å². The van der Waals surface area contributed by atoms with E-state index in [1.807, 2.05) is 12.5 Å². The second-order valence-corrected chi connectivity index (χ2v) is 5.56. The van der Waals surface area contributed by atoms with Gasteiger partial charge in [-0.15, -0.1) is 0 Å². The molecule has 0 atom stereocenters. The summed E-state index contributed by atoms with van der Waals surface area (Å²) in [5.74, 6) is 0. The zero-order valence-corrected chi connectivity index (χ0v) is 10.3. The van der Waals surface area contributed by atoms with Gasteiger partial charge in [-0.1, -0.05) is 24.3 Å². The number of rotatable bonds is 0. The Balaban J connectivity index is 1.94. The molecule has 1 spiro atoms. The summed E-state index contributed by atoms with van der Waals surface area (Å²) < 4.78 is 2.38. The van der Waals surface area contributed by atoms with Crippen LogP contribution in [-0.4, -0.2) is 15.6 Å². The molecule has 0 unspecified atom stereocenters. The molecular formula is C15H17N3. The molecular weight excluding hydrogens is 222 g/mol. The van der Waals surface area contributed by atoms with Gasteiger partial charge in [-0.25, -0.2) is 4.98 Å². The van der Waals surface area contributed by atoms with Crippen LogP contribution in [-0.2, 0) is 5.54 Å². The highest BCUT2D eigenvalue weighted by molar-refractivity contribution is 5.70. The van der Waals surface area contributed by atoms with Crippen LogP contribution in [0.5, 0.6) is 0 Å². The minimum Gasteiger partial charge on any atom is -0.328 e. The smallest absolute Gasteiger partial charge is 0.0958 e. The zero-order chi connectivity index (χ0) is 12.2. The monoisotopic (exact) mass is 239 g/mol. The van der Waals surface area contributed by atoms with Crippen molar-refractivity contribution in [3.63, 3.8) is 0 Å². The van der Waals surface area contributed by atoms with Crippen molar-refractivity contribution < 1.29 is 0 Å². The van der Waals surface area contributed by atoms with Crippen molar-refractivity contribution in [2.75, 3.05) is 0 Å². The summed E-state index contributed by atoms with van der Waals surface area (Å²) in [7, 11) is 0. The van der Waals surface area contributed by atoms with Crippen LogP contribution in [0.1, 0.15) is 31.2 Å². The van der Waals surface area contributed by atoms with Crippen LogP contribution in [0, 0.1) is 0 Å². The Hall–Kier alpha value is -1.61. The van der Waals surface area contributed by atoms with Crippen molar-refractivity contribution >= 4 is 0 Å². The molecule has 0 amide bonds. The highest BCUT2D eigenvalue weighted by atomic mass is 15.1. The summed E-state index contributed by atoms with van der Waals surface area (Å²) >= 11 is 0. The molecule has 0 bridgehead atoms. The molecule has 0 radical (unpaired) electrons. The fourth-order valence-electron chi connectivity index (χ4n) is 3.71. The molecule has 3 nitrogen and oxygen atoms in total. The molecule has 2 aromatic rings. The number of aromatic nitrogens is 2. The molecule has 4 rings (SSSR count). The van der Waals surface area contributed by atoms with Gasteiger partial charge in [0.25, 0.3) is 0 Å². The van der Waals surface area contributed by atoms with Crippen molar-refractivity contribution in [1.82, 2.24) is 9.55 Å². The molecule has 1 aliphatic heterocycles. The number of hydrogen-bond donors (Lipinski definition) is 1. The van der Waals surface area contributed by atoms with Crippen LogP contribution >= 0.6 is 0 Å². The number of benzene rings is 1. The third-order valence-corrected chi connectivity index (χ3v) is 4.66. The first kappa shape index (κ1) is 10.3. The Morgan fingerprint density at radius 1 is 1.22 bits per heavy atom. The van der Waals surface area contributed by atoms with E-state index in [4.69, 9.17) is 5.73 Å². The van der Waals surface area contributed by atoms with E-state index in [9.17, 15) is 0 Å². The van der Waals surface area contributed by atoms with Gasteiger partial charge in [-0.05, 0) is 31.2 Å². The average molecular weight is 239 g/mol. The van der Waals surface area contributed by atoms with Crippen LogP contribution in [0.4, 0.5) is 0 Å². The quantitative estimate of drug-likeness (QED) is 0.767. The van der Waals surface area contributed by atoms with Crippen molar-refractivity contribution in [1.29, 1.82) is 0 Å². The molecule has 1 aliphatic carbocycles. The van der Waals surface area contributed by atoms with Crippen molar-refractivity contribution in [3.05, 3.63) is 42.4 Å². The third kappa shape index (κ3) is 1.15. The maximum absolute atomic E-state index is 6.08. The highest BCUT2D eigenvalue weighted by Gasteiger charge is 2.44. The van der Waals surface area contributed by atoms with Crippen molar-refractivity contribution in [2.24, 2.45) is 5.73 Å². The van der Waals surface area contributed by atoms with Gasteiger partial charge in [0, 0.05) is 11.6 Å². The van der Waals surface area contributed by atoms with E-state index in [1.54, 1.807) is 0 Å². The summed E-state index contributed by atoms with van der Waals surface area (Å²) in [4.78, 5) is 4.34. The Bertz CT molecular complexity index is 591. The van der Waals surface area contributed by atoms with Crippen LogP contribution in [0.25, 0.3) is 11.3 Å². The van der Waals surface area contributed by atoms with Gasteiger partial charge in [-0.3, -0.25) is 0 Å². The highest BCUT2D eigenvalue weighted by Crippen LogP contribution is 2.50. The van der Waals surface area contributed by atoms with Crippen LogP contribution in [0.15, 0.2) is 36.8 Å². The van der Waals surface area contributed by atoms with Gasteiger partial charge in [0.2, 0.25) is 0 Å². The minimum atomic E-state index is 0.123. The lowest BCUT2D eigenvalue weighted by Gasteiger charge is -2.38. The molecule has 1 saturated carbocycles. The van der Waals surface area contributed by atoms with E-state index in [0.29, 0.717) is 6.04 Å². The van der Waals surface area contributed by atoms with E-state index >= 15 is 0 Å². The van der Waals surface area contributed by atoms with Crippen LogP contribution in [0.3, 0.4) is 0 Å². The number of nitrogens with zero attached hydrogens (tertiary/aromatic N) is 2. The third-order valence-electron chi connectivity index (χ3n) is 4.66. The first-order valence-electron chi connectivity index (χ1n) is 6.69. The van der Waals surface area contributed by atoms with Gasteiger partial charge in [0.1, 0.15) is 0 Å². The average Bonchev–Trinajstić information content (AvgIpc) is 2.97. The number of nitrogens with two attached hydrogens (primary N) is 1. The summed E-state index contributed by atoms with van der Waals surface area (Å²) in [5.41, 5.74) is 10.3. The van der Waals surface area contributed by atoms with Gasteiger partial charge in [0.15, 0.2) is 0 Å². The largest absolute Gasteiger partial charge is 0.328 e. The van der Waals surface area contributed by atoms with E-state index < -0.39 is 0 Å². The molecule has 92 valence electrons. The summed E-state index contributed by atoms with van der Waals surface area (Å²) in [5, 5.41) is 0. The Labute approximate surface area is 107 Å². The van der Waals surface area contributed by atoms with Crippen LogP contribution < -0.4 is 5.73 Å². The topological polar surface area (TPSA) is 43.8 Å². The van der Waals surface area contributed by atoms with E-state index in [1.165, 1.54) is 16.8 Å². The molecule has 2 heterocycles. The predicted molar refractivity (Wildman–Crippen MR) is 71.2 cm³/mol. The maximum atomic E-state index is 6.08. The SMILES string of the molecule is NC1CCC2(CC1)c1ccccc1-c1cncn12. The number of fused-ring (bicyclic) bond motifs is 5. The second-order valence-electron chi connectivity index (χ2n) is 5.56. The van der Waals surface area contributed by atoms with Crippen LogP contribution in [0.2, 0.25) is 0 Å². The van der Waals surface area contributed by atoms with Gasteiger partial charge < -0.3 is 10.3 Å². The summed E-state index contributed by atoms with van der Waals surface area (Å²) in [6.07, 6.45) is 8.45. The minimum absolute atomic E-state index is 0.123. The molecule has 2 aliphatic rings.